The van der Waals surface area contributed by atoms with Gasteiger partial charge in [0.05, 0.1) is 13.2 Å². The van der Waals surface area contributed by atoms with Crippen LogP contribution in [0.3, 0.4) is 0 Å². The monoisotopic (exact) mass is 259 g/mol. The molecule has 0 heterocycles. The van der Waals surface area contributed by atoms with Crippen molar-refractivity contribution in [1.82, 2.24) is 15.1 Å². The van der Waals surface area contributed by atoms with Gasteiger partial charge in [-0.25, -0.2) is 0 Å². The number of rotatable bonds is 11. The number of carbonyl (C=O) groups is 1. The molecule has 0 rings (SSSR count). The predicted octanol–water partition coefficient (Wildman–Crippen LogP) is 0.149. The lowest BCUT2D eigenvalue weighted by atomic mass is 10.3. The molecule has 0 aromatic heterocycles. The van der Waals surface area contributed by atoms with E-state index in [1.165, 1.54) is 0 Å². The molecule has 0 aliphatic carbocycles. The van der Waals surface area contributed by atoms with Crippen molar-refractivity contribution in [3.63, 3.8) is 0 Å². The van der Waals surface area contributed by atoms with Crippen LogP contribution in [-0.2, 0) is 4.79 Å². The van der Waals surface area contributed by atoms with Crippen LogP contribution in [0, 0.1) is 0 Å². The van der Waals surface area contributed by atoms with Gasteiger partial charge in [0.15, 0.2) is 0 Å². The Kier molecular flexibility index (Phi) is 11.0. The van der Waals surface area contributed by atoms with Gasteiger partial charge in [-0.05, 0) is 39.1 Å². The third kappa shape index (κ3) is 8.44. The number of amides is 1. The minimum atomic E-state index is -0.00580. The molecule has 5 nitrogen and oxygen atoms in total. The van der Waals surface area contributed by atoms with E-state index >= 15 is 0 Å². The summed E-state index contributed by atoms with van der Waals surface area (Å²) in [6, 6.07) is 0. The molecule has 0 saturated heterocycles. The van der Waals surface area contributed by atoms with E-state index in [1.54, 1.807) is 0 Å². The lowest BCUT2D eigenvalue weighted by Crippen LogP contribution is -2.39. The third-order valence-electron chi connectivity index (χ3n) is 3.09. The number of hydrogen-bond acceptors (Lipinski definition) is 4. The largest absolute Gasteiger partial charge is 0.395 e. The van der Waals surface area contributed by atoms with E-state index in [0.29, 0.717) is 13.1 Å². The summed E-state index contributed by atoms with van der Waals surface area (Å²) in [6.45, 7) is 12.2. The van der Waals surface area contributed by atoms with Gasteiger partial charge < -0.3 is 15.3 Å². The zero-order chi connectivity index (χ0) is 13.8. The normalized spacial score (nSPS) is 11.2. The summed E-state index contributed by atoms with van der Waals surface area (Å²) in [4.78, 5) is 16.0. The highest BCUT2D eigenvalue weighted by molar-refractivity contribution is 5.77. The molecule has 0 aromatic rings. The Labute approximate surface area is 111 Å². The number of aliphatic hydroxyl groups is 1. The predicted molar refractivity (Wildman–Crippen MR) is 74.6 cm³/mol. The second kappa shape index (κ2) is 11.4. The van der Waals surface area contributed by atoms with Gasteiger partial charge in [0.2, 0.25) is 5.91 Å². The Morgan fingerprint density at radius 2 is 1.61 bits per heavy atom. The molecule has 0 saturated carbocycles. The van der Waals surface area contributed by atoms with Crippen LogP contribution in [0.1, 0.15) is 27.2 Å². The number of nitrogens with zero attached hydrogens (tertiary/aromatic N) is 2. The molecule has 0 spiro atoms. The Bertz CT molecular complexity index is 208. The molecule has 0 aliphatic heterocycles. The van der Waals surface area contributed by atoms with Crippen molar-refractivity contribution in [2.45, 2.75) is 27.2 Å². The average Bonchev–Trinajstić information content (AvgIpc) is 2.39. The van der Waals surface area contributed by atoms with Crippen molar-refractivity contribution < 1.29 is 9.90 Å². The van der Waals surface area contributed by atoms with E-state index in [9.17, 15) is 4.79 Å². The fraction of sp³-hybridized carbons (Fsp3) is 0.923. The summed E-state index contributed by atoms with van der Waals surface area (Å²) in [7, 11) is 0. The van der Waals surface area contributed by atoms with Crippen LogP contribution in [-0.4, -0.2) is 73.2 Å². The van der Waals surface area contributed by atoms with Gasteiger partial charge in [-0.2, -0.15) is 0 Å². The average molecular weight is 259 g/mol. The molecule has 18 heavy (non-hydrogen) atoms. The topological polar surface area (TPSA) is 55.8 Å². The molecule has 0 aliphatic rings. The Balaban J connectivity index is 3.79. The Hall–Kier alpha value is -0.650. The molecule has 2 N–H and O–H groups in total. The first-order chi connectivity index (χ1) is 8.67. The van der Waals surface area contributed by atoms with Crippen molar-refractivity contribution in [3.8, 4) is 0 Å². The van der Waals surface area contributed by atoms with Gasteiger partial charge in [-0.15, -0.1) is 0 Å². The van der Waals surface area contributed by atoms with Crippen LogP contribution in [0.5, 0.6) is 0 Å². The highest BCUT2D eigenvalue weighted by Crippen LogP contribution is 1.95. The number of carbonyl (C=O) groups excluding carboxylic acids is 1. The summed E-state index contributed by atoms with van der Waals surface area (Å²) in [6.07, 6.45) is 1.09. The van der Waals surface area contributed by atoms with E-state index in [-0.39, 0.29) is 12.5 Å². The SMILES string of the molecule is CCN(CC)CCCN(CC)CC(=O)NCCO. The number of aliphatic hydroxyl groups excluding tert-OH is 1. The number of nitrogens with one attached hydrogen (secondary N) is 1. The van der Waals surface area contributed by atoms with E-state index in [2.05, 4.69) is 35.9 Å². The van der Waals surface area contributed by atoms with Crippen LogP contribution in [0.2, 0.25) is 0 Å². The highest BCUT2D eigenvalue weighted by Gasteiger charge is 2.08. The lowest BCUT2D eigenvalue weighted by molar-refractivity contribution is -0.122. The molecule has 0 bridgehead atoms. The molecule has 0 aromatic carbocycles. The molecule has 1 amide bonds. The first-order valence-corrected chi connectivity index (χ1v) is 7.00. The Morgan fingerprint density at radius 1 is 1.06 bits per heavy atom. The standard InChI is InChI=1S/C13H29N3O2/c1-4-15(5-2)9-7-10-16(6-3)12-13(18)14-8-11-17/h17H,4-12H2,1-3H3,(H,14,18). The highest BCUT2D eigenvalue weighted by atomic mass is 16.3. The van der Waals surface area contributed by atoms with Crippen LogP contribution in [0.15, 0.2) is 0 Å². The molecule has 0 fully saturated rings. The van der Waals surface area contributed by atoms with Gasteiger partial charge in [0.25, 0.3) is 0 Å². The van der Waals surface area contributed by atoms with Crippen molar-refractivity contribution in [1.29, 1.82) is 0 Å². The first kappa shape index (κ1) is 17.4. The Morgan fingerprint density at radius 3 is 2.11 bits per heavy atom. The quantitative estimate of drug-likeness (QED) is 0.554. The van der Waals surface area contributed by atoms with E-state index in [0.717, 1.165) is 39.1 Å². The van der Waals surface area contributed by atoms with Gasteiger partial charge in [0, 0.05) is 6.54 Å². The fourth-order valence-corrected chi connectivity index (χ4v) is 1.86. The van der Waals surface area contributed by atoms with Crippen LogP contribution < -0.4 is 5.32 Å². The van der Waals surface area contributed by atoms with Crippen LogP contribution >= 0.6 is 0 Å². The maximum atomic E-state index is 11.5. The van der Waals surface area contributed by atoms with Gasteiger partial charge >= 0.3 is 0 Å². The van der Waals surface area contributed by atoms with Crippen LogP contribution in [0.4, 0.5) is 0 Å². The van der Waals surface area contributed by atoms with Gasteiger partial charge in [0.1, 0.15) is 0 Å². The molecule has 5 heteroatoms. The van der Waals surface area contributed by atoms with Crippen LogP contribution in [0.25, 0.3) is 0 Å². The first-order valence-electron chi connectivity index (χ1n) is 7.00. The summed E-state index contributed by atoms with van der Waals surface area (Å²) >= 11 is 0. The zero-order valence-corrected chi connectivity index (χ0v) is 12.1. The lowest BCUT2D eigenvalue weighted by Gasteiger charge is -2.22. The number of hydrogen-bond donors (Lipinski definition) is 2. The van der Waals surface area contributed by atoms with Crippen molar-refractivity contribution in [3.05, 3.63) is 0 Å². The summed E-state index contributed by atoms with van der Waals surface area (Å²) in [5, 5.41) is 11.3. The minimum Gasteiger partial charge on any atom is -0.395 e. The maximum Gasteiger partial charge on any atom is 0.234 e. The van der Waals surface area contributed by atoms with E-state index in [1.807, 2.05) is 0 Å². The smallest absolute Gasteiger partial charge is 0.234 e. The summed E-state index contributed by atoms with van der Waals surface area (Å²) in [5.74, 6) is -0.00580. The zero-order valence-electron chi connectivity index (χ0n) is 12.1. The van der Waals surface area contributed by atoms with Crippen molar-refractivity contribution in [2.24, 2.45) is 0 Å². The molecular formula is C13H29N3O2. The fourth-order valence-electron chi connectivity index (χ4n) is 1.86. The van der Waals surface area contributed by atoms with E-state index < -0.39 is 0 Å². The van der Waals surface area contributed by atoms with Gasteiger partial charge in [-0.1, -0.05) is 20.8 Å². The summed E-state index contributed by atoms with van der Waals surface area (Å²) in [5.41, 5.74) is 0. The molecule has 0 unspecified atom stereocenters. The molecule has 108 valence electrons. The van der Waals surface area contributed by atoms with Gasteiger partial charge in [-0.3, -0.25) is 9.69 Å². The maximum absolute atomic E-state index is 11.5. The summed E-state index contributed by atoms with van der Waals surface area (Å²) < 4.78 is 0. The number of likely N-dealkylation sites (N-methyl/N-ethyl adjacent to an activating group) is 1. The second-order valence-electron chi connectivity index (χ2n) is 4.32. The molecule has 0 radical (unpaired) electrons. The third-order valence-corrected chi connectivity index (χ3v) is 3.09. The second-order valence-corrected chi connectivity index (χ2v) is 4.32. The van der Waals surface area contributed by atoms with Crippen molar-refractivity contribution in [2.75, 3.05) is 52.4 Å². The molecular weight excluding hydrogens is 230 g/mol. The van der Waals surface area contributed by atoms with E-state index in [4.69, 9.17) is 5.11 Å². The molecule has 0 atom stereocenters. The van der Waals surface area contributed by atoms with Crippen molar-refractivity contribution >= 4 is 5.91 Å². The minimum absolute atomic E-state index is 0.000174.